The molecule has 0 saturated carbocycles. The summed E-state index contributed by atoms with van der Waals surface area (Å²) in [4.78, 5) is 9.14. The lowest BCUT2D eigenvalue weighted by molar-refractivity contribution is 0.375. The number of aliphatic imine (C=N–C) groups is 1. The first-order valence-corrected chi connectivity index (χ1v) is 7.27. The molecule has 1 saturated heterocycles. The number of anilines is 1. The topological polar surface area (TPSA) is 44.9 Å². The van der Waals surface area contributed by atoms with Crippen LogP contribution in [0.2, 0.25) is 0 Å². The van der Waals surface area contributed by atoms with Gasteiger partial charge in [0.2, 0.25) is 0 Å². The summed E-state index contributed by atoms with van der Waals surface area (Å²) in [5, 5.41) is 0. The van der Waals surface area contributed by atoms with Gasteiger partial charge in [-0.25, -0.2) is 4.99 Å². The average Bonchev–Trinajstić information content (AvgIpc) is 2.37. The lowest BCUT2D eigenvalue weighted by atomic mass is 10.1. The third kappa shape index (κ3) is 3.89. The fourth-order valence-electron chi connectivity index (χ4n) is 2.43. The zero-order chi connectivity index (χ0) is 14.8. The molecule has 0 aromatic heterocycles. The van der Waals surface area contributed by atoms with Gasteiger partial charge in [0, 0.05) is 31.9 Å². The maximum absolute atomic E-state index is 6.10. The smallest absolute Gasteiger partial charge is 0.191 e. The minimum absolute atomic E-state index is 0.113. The van der Waals surface area contributed by atoms with Gasteiger partial charge in [-0.2, -0.15) is 0 Å². The Hall–Kier alpha value is -1.71. The molecular weight excluding hydrogens is 248 g/mol. The SMILES string of the molecule is Cc1cccc(N2CCN(C(N)=NC(C)(C)C)CC2)c1. The number of nitrogens with two attached hydrogens (primary N) is 1. The molecule has 0 amide bonds. The van der Waals surface area contributed by atoms with Gasteiger partial charge < -0.3 is 15.5 Å². The Balaban J connectivity index is 1.98. The molecule has 2 N–H and O–H groups in total. The molecule has 2 rings (SSSR count). The second-order valence-electron chi connectivity index (χ2n) is 6.45. The summed E-state index contributed by atoms with van der Waals surface area (Å²) in [6.45, 7) is 12.2. The van der Waals surface area contributed by atoms with Crippen LogP contribution in [0.4, 0.5) is 5.69 Å². The van der Waals surface area contributed by atoms with Crippen LogP contribution in [0.1, 0.15) is 26.3 Å². The number of rotatable bonds is 1. The van der Waals surface area contributed by atoms with Gasteiger partial charge in [0.1, 0.15) is 0 Å². The second-order valence-corrected chi connectivity index (χ2v) is 6.45. The van der Waals surface area contributed by atoms with Crippen LogP contribution in [-0.4, -0.2) is 42.6 Å². The van der Waals surface area contributed by atoms with Crippen molar-refractivity contribution < 1.29 is 0 Å². The van der Waals surface area contributed by atoms with Crippen LogP contribution in [0.5, 0.6) is 0 Å². The van der Waals surface area contributed by atoms with Crippen molar-refractivity contribution in [2.75, 3.05) is 31.1 Å². The van der Waals surface area contributed by atoms with Crippen molar-refractivity contribution in [2.24, 2.45) is 10.7 Å². The molecule has 0 bridgehead atoms. The van der Waals surface area contributed by atoms with Gasteiger partial charge in [-0.3, -0.25) is 0 Å². The molecular formula is C16H26N4. The summed E-state index contributed by atoms with van der Waals surface area (Å²) in [6.07, 6.45) is 0. The maximum Gasteiger partial charge on any atom is 0.191 e. The highest BCUT2D eigenvalue weighted by Gasteiger charge is 2.20. The monoisotopic (exact) mass is 274 g/mol. The molecule has 1 aliphatic heterocycles. The standard InChI is InChI=1S/C16H26N4/c1-13-6-5-7-14(12-13)19-8-10-20(11-9-19)15(17)18-16(2,3)4/h5-7,12H,8-11H2,1-4H3,(H2,17,18). The number of nitrogens with zero attached hydrogens (tertiary/aromatic N) is 3. The van der Waals surface area contributed by atoms with Crippen LogP contribution in [0, 0.1) is 6.92 Å². The maximum atomic E-state index is 6.10. The minimum atomic E-state index is -0.113. The summed E-state index contributed by atoms with van der Waals surface area (Å²) in [7, 11) is 0. The molecule has 1 aliphatic rings. The largest absolute Gasteiger partial charge is 0.370 e. The Labute approximate surface area is 122 Å². The van der Waals surface area contributed by atoms with E-state index in [1.807, 2.05) is 0 Å². The van der Waals surface area contributed by atoms with Crippen molar-refractivity contribution >= 4 is 11.6 Å². The fraction of sp³-hybridized carbons (Fsp3) is 0.562. The number of benzene rings is 1. The molecule has 0 spiro atoms. The Bertz CT molecular complexity index is 479. The van der Waals surface area contributed by atoms with E-state index in [1.54, 1.807) is 0 Å². The molecule has 4 heteroatoms. The van der Waals surface area contributed by atoms with E-state index in [9.17, 15) is 0 Å². The van der Waals surface area contributed by atoms with E-state index in [1.165, 1.54) is 11.3 Å². The number of aryl methyl sites for hydroxylation is 1. The van der Waals surface area contributed by atoms with Crippen molar-refractivity contribution in [3.63, 3.8) is 0 Å². The number of hydrogen-bond donors (Lipinski definition) is 1. The highest BCUT2D eigenvalue weighted by molar-refractivity contribution is 5.78. The van der Waals surface area contributed by atoms with Crippen LogP contribution >= 0.6 is 0 Å². The molecule has 0 aliphatic carbocycles. The minimum Gasteiger partial charge on any atom is -0.370 e. The predicted molar refractivity (Wildman–Crippen MR) is 86.3 cm³/mol. The zero-order valence-electron chi connectivity index (χ0n) is 13.1. The first kappa shape index (κ1) is 14.7. The molecule has 0 radical (unpaired) electrons. The van der Waals surface area contributed by atoms with E-state index < -0.39 is 0 Å². The van der Waals surface area contributed by atoms with Crippen LogP contribution < -0.4 is 10.6 Å². The molecule has 1 fully saturated rings. The number of piperazine rings is 1. The van der Waals surface area contributed by atoms with E-state index in [0.717, 1.165) is 26.2 Å². The predicted octanol–water partition coefficient (Wildman–Crippen LogP) is 2.23. The van der Waals surface area contributed by atoms with Crippen molar-refractivity contribution in [1.82, 2.24) is 4.90 Å². The Morgan fingerprint density at radius 2 is 1.80 bits per heavy atom. The van der Waals surface area contributed by atoms with Crippen LogP contribution in [0.3, 0.4) is 0 Å². The van der Waals surface area contributed by atoms with E-state index >= 15 is 0 Å². The summed E-state index contributed by atoms with van der Waals surface area (Å²) in [5.41, 5.74) is 8.59. The molecule has 110 valence electrons. The van der Waals surface area contributed by atoms with Crippen LogP contribution in [-0.2, 0) is 0 Å². The molecule has 0 unspecified atom stereocenters. The van der Waals surface area contributed by atoms with Gasteiger partial charge in [0.05, 0.1) is 5.54 Å². The van der Waals surface area contributed by atoms with Gasteiger partial charge in [0.25, 0.3) is 0 Å². The number of guanidine groups is 1. The van der Waals surface area contributed by atoms with Crippen LogP contribution in [0.15, 0.2) is 29.3 Å². The van der Waals surface area contributed by atoms with Gasteiger partial charge in [-0.05, 0) is 45.4 Å². The third-order valence-corrected chi connectivity index (χ3v) is 3.42. The Morgan fingerprint density at radius 3 is 2.35 bits per heavy atom. The summed E-state index contributed by atoms with van der Waals surface area (Å²) in [6, 6.07) is 8.66. The molecule has 1 heterocycles. The van der Waals surface area contributed by atoms with Crippen molar-refractivity contribution in [3.8, 4) is 0 Å². The van der Waals surface area contributed by atoms with Gasteiger partial charge in [0.15, 0.2) is 5.96 Å². The molecule has 4 nitrogen and oxygen atoms in total. The van der Waals surface area contributed by atoms with Gasteiger partial charge in [-0.1, -0.05) is 12.1 Å². The molecule has 20 heavy (non-hydrogen) atoms. The quantitative estimate of drug-likeness (QED) is 0.631. The Kier molecular flexibility index (Phi) is 4.21. The van der Waals surface area contributed by atoms with E-state index in [2.05, 4.69) is 66.8 Å². The zero-order valence-corrected chi connectivity index (χ0v) is 13.1. The lowest BCUT2D eigenvalue weighted by Crippen LogP contribution is -2.51. The van der Waals surface area contributed by atoms with Crippen molar-refractivity contribution in [3.05, 3.63) is 29.8 Å². The van der Waals surface area contributed by atoms with Gasteiger partial charge in [-0.15, -0.1) is 0 Å². The first-order chi connectivity index (χ1) is 9.35. The fourth-order valence-corrected chi connectivity index (χ4v) is 2.43. The van der Waals surface area contributed by atoms with E-state index in [-0.39, 0.29) is 5.54 Å². The second kappa shape index (κ2) is 5.73. The van der Waals surface area contributed by atoms with E-state index in [0.29, 0.717) is 5.96 Å². The highest BCUT2D eigenvalue weighted by Crippen LogP contribution is 2.18. The highest BCUT2D eigenvalue weighted by atomic mass is 15.3. The van der Waals surface area contributed by atoms with Crippen LogP contribution in [0.25, 0.3) is 0 Å². The molecule has 1 aromatic rings. The molecule has 0 atom stereocenters. The van der Waals surface area contributed by atoms with Crippen molar-refractivity contribution in [2.45, 2.75) is 33.2 Å². The van der Waals surface area contributed by atoms with Crippen molar-refractivity contribution in [1.29, 1.82) is 0 Å². The normalized spacial score (nSPS) is 17.5. The number of hydrogen-bond acceptors (Lipinski definition) is 2. The third-order valence-electron chi connectivity index (χ3n) is 3.42. The molecule has 1 aromatic carbocycles. The average molecular weight is 274 g/mol. The summed E-state index contributed by atoms with van der Waals surface area (Å²) >= 11 is 0. The summed E-state index contributed by atoms with van der Waals surface area (Å²) < 4.78 is 0. The van der Waals surface area contributed by atoms with Gasteiger partial charge >= 0.3 is 0 Å². The van der Waals surface area contributed by atoms with E-state index in [4.69, 9.17) is 5.73 Å². The Morgan fingerprint density at radius 1 is 1.15 bits per heavy atom. The first-order valence-electron chi connectivity index (χ1n) is 7.27. The lowest BCUT2D eigenvalue weighted by Gasteiger charge is -2.37. The summed E-state index contributed by atoms with van der Waals surface area (Å²) in [5.74, 6) is 0.668.